The van der Waals surface area contributed by atoms with Crippen molar-refractivity contribution >= 4 is 29.0 Å². The Morgan fingerprint density at radius 1 is 0.842 bits per heavy atom. The molecule has 0 radical (unpaired) electrons. The number of anilines is 2. The van der Waals surface area contributed by atoms with Crippen LogP contribution in [0.15, 0.2) is 72.8 Å². The van der Waals surface area contributed by atoms with Gasteiger partial charge in [0.2, 0.25) is 11.8 Å². The van der Waals surface area contributed by atoms with E-state index in [0.29, 0.717) is 28.4 Å². The van der Waals surface area contributed by atoms with Crippen LogP contribution in [-0.2, 0) is 14.4 Å². The van der Waals surface area contributed by atoms with Gasteiger partial charge in [0.05, 0.1) is 37.1 Å². The summed E-state index contributed by atoms with van der Waals surface area (Å²) in [7, 11) is 2.98. The highest BCUT2D eigenvalue weighted by atomic mass is 16.5. The first-order valence-corrected chi connectivity index (χ1v) is 12.4. The Kier molecular flexibility index (Phi) is 7.83. The molecule has 2 amide bonds. The standard InChI is InChI=1S/C30H32N2O6/c1-18-13-15-19(16-14-18)25-26(28(34)31-20-9-5-7-11-23(20)37-3)22(33)17-30(2,36)27(25)29(35)32-21-10-6-8-12-24(21)38-4/h5-16,25-27,36H,17H2,1-4H3,(H,31,34)(H,32,35)/t25-,26+,27-,30+/m0/s1. The number of ether oxygens (including phenoxy) is 2. The summed E-state index contributed by atoms with van der Waals surface area (Å²) in [4.78, 5) is 41.0. The van der Waals surface area contributed by atoms with E-state index in [0.717, 1.165) is 5.56 Å². The van der Waals surface area contributed by atoms with Crippen molar-refractivity contribution in [3.8, 4) is 11.5 Å². The fraction of sp³-hybridized carbons (Fsp3) is 0.300. The molecule has 0 saturated heterocycles. The molecule has 4 rings (SSSR count). The number of Topliss-reactive ketones (excluding diaryl/α,β-unsaturated/α-hetero) is 1. The van der Waals surface area contributed by atoms with Gasteiger partial charge in [-0.25, -0.2) is 0 Å². The predicted molar refractivity (Wildman–Crippen MR) is 144 cm³/mol. The van der Waals surface area contributed by atoms with E-state index < -0.39 is 41.0 Å². The van der Waals surface area contributed by atoms with E-state index in [4.69, 9.17) is 9.47 Å². The van der Waals surface area contributed by atoms with E-state index in [-0.39, 0.29) is 6.42 Å². The second-order valence-corrected chi connectivity index (χ2v) is 9.77. The number of carbonyl (C=O) groups is 3. The lowest BCUT2D eigenvalue weighted by Crippen LogP contribution is -2.56. The van der Waals surface area contributed by atoms with Gasteiger partial charge in [-0.3, -0.25) is 14.4 Å². The van der Waals surface area contributed by atoms with Crippen molar-refractivity contribution < 1.29 is 29.0 Å². The van der Waals surface area contributed by atoms with Gasteiger partial charge in [-0.15, -0.1) is 0 Å². The van der Waals surface area contributed by atoms with Crippen LogP contribution < -0.4 is 20.1 Å². The number of hydrogen-bond acceptors (Lipinski definition) is 6. The van der Waals surface area contributed by atoms with Crippen molar-refractivity contribution in [1.82, 2.24) is 0 Å². The summed E-state index contributed by atoms with van der Waals surface area (Å²) in [6.07, 6.45) is -0.358. The van der Waals surface area contributed by atoms with Gasteiger partial charge < -0.3 is 25.2 Å². The number of carbonyl (C=O) groups excluding carboxylic acids is 3. The molecule has 0 aliphatic heterocycles. The molecule has 3 N–H and O–H groups in total. The molecule has 1 aliphatic rings. The average molecular weight is 517 g/mol. The minimum absolute atomic E-state index is 0.358. The van der Waals surface area contributed by atoms with Gasteiger partial charge in [-0.05, 0) is 43.7 Å². The molecule has 0 aromatic heterocycles. The van der Waals surface area contributed by atoms with Crippen LogP contribution in [0, 0.1) is 18.8 Å². The molecule has 0 unspecified atom stereocenters. The number of hydrogen-bond donors (Lipinski definition) is 3. The first-order chi connectivity index (χ1) is 18.2. The van der Waals surface area contributed by atoms with Crippen molar-refractivity contribution in [1.29, 1.82) is 0 Å². The molecule has 1 saturated carbocycles. The topological polar surface area (TPSA) is 114 Å². The Morgan fingerprint density at radius 3 is 1.87 bits per heavy atom. The Bertz CT molecular complexity index is 1330. The zero-order valence-electron chi connectivity index (χ0n) is 21.9. The Labute approximate surface area is 222 Å². The highest BCUT2D eigenvalue weighted by Gasteiger charge is 2.56. The predicted octanol–water partition coefficient (Wildman–Crippen LogP) is 4.33. The number of aryl methyl sites for hydroxylation is 1. The summed E-state index contributed by atoms with van der Waals surface area (Å²) < 4.78 is 10.7. The molecule has 4 atom stereocenters. The van der Waals surface area contributed by atoms with Crippen molar-refractivity contribution in [2.45, 2.75) is 31.8 Å². The molecule has 8 nitrogen and oxygen atoms in total. The summed E-state index contributed by atoms with van der Waals surface area (Å²) >= 11 is 0. The lowest BCUT2D eigenvalue weighted by atomic mass is 9.61. The van der Waals surface area contributed by atoms with E-state index >= 15 is 0 Å². The first-order valence-electron chi connectivity index (χ1n) is 12.4. The molecule has 1 fully saturated rings. The van der Waals surface area contributed by atoms with E-state index in [1.807, 2.05) is 19.1 Å². The molecule has 0 bridgehead atoms. The lowest BCUT2D eigenvalue weighted by Gasteiger charge is -2.44. The number of methoxy groups -OCH3 is 2. The smallest absolute Gasteiger partial charge is 0.235 e. The van der Waals surface area contributed by atoms with Gasteiger partial charge in [0.15, 0.2) is 0 Å². The molecule has 1 aliphatic carbocycles. The maximum absolute atomic E-state index is 13.8. The monoisotopic (exact) mass is 516 g/mol. The zero-order chi connectivity index (χ0) is 27.4. The Hall–Kier alpha value is -4.17. The van der Waals surface area contributed by atoms with Gasteiger partial charge in [-0.2, -0.15) is 0 Å². The van der Waals surface area contributed by atoms with E-state index in [1.54, 1.807) is 60.7 Å². The molecule has 198 valence electrons. The third kappa shape index (κ3) is 5.40. The molecule has 0 heterocycles. The summed E-state index contributed by atoms with van der Waals surface area (Å²) in [5.74, 6) is -3.94. The molecule has 8 heteroatoms. The van der Waals surface area contributed by atoms with E-state index in [1.165, 1.54) is 21.1 Å². The average Bonchev–Trinajstić information content (AvgIpc) is 2.88. The van der Waals surface area contributed by atoms with Gasteiger partial charge in [0.1, 0.15) is 23.2 Å². The van der Waals surface area contributed by atoms with Crippen LogP contribution >= 0.6 is 0 Å². The normalized spacial score (nSPS) is 22.9. The number of amides is 2. The highest BCUT2D eigenvalue weighted by molar-refractivity contribution is 6.11. The summed E-state index contributed by atoms with van der Waals surface area (Å²) in [6, 6.07) is 21.1. The van der Waals surface area contributed by atoms with Gasteiger partial charge in [0, 0.05) is 12.3 Å². The van der Waals surface area contributed by atoms with E-state index in [9.17, 15) is 19.5 Å². The number of benzene rings is 3. The lowest BCUT2D eigenvalue weighted by molar-refractivity contribution is -0.150. The summed E-state index contributed by atoms with van der Waals surface area (Å²) in [6.45, 7) is 3.39. The minimum atomic E-state index is -1.71. The van der Waals surface area contributed by atoms with Crippen LogP contribution in [-0.4, -0.2) is 42.5 Å². The molecule has 3 aromatic carbocycles. The maximum atomic E-state index is 13.8. The fourth-order valence-electron chi connectivity index (χ4n) is 5.20. The highest BCUT2D eigenvalue weighted by Crippen LogP contribution is 2.47. The van der Waals surface area contributed by atoms with Crippen LogP contribution in [0.1, 0.15) is 30.4 Å². The van der Waals surface area contributed by atoms with Crippen LogP contribution in [0.4, 0.5) is 11.4 Å². The quantitative estimate of drug-likeness (QED) is 0.403. The number of nitrogens with one attached hydrogen (secondary N) is 2. The largest absolute Gasteiger partial charge is 0.495 e. The van der Waals surface area contributed by atoms with Crippen LogP contribution in [0.3, 0.4) is 0 Å². The summed E-state index contributed by atoms with van der Waals surface area (Å²) in [5.41, 5.74) is 0.699. The first kappa shape index (κ1) is 26.9. The minimum Gasteiger partial charge on any atom is -0.495 e. The van der Waals surface area contributed by atoms with Crippen LogP contribution in [0.25, 0.3) is 0 Å². The summed E-state index contributed by atoms with van der Waals surface area (Å²) in [5, 5.41) is 17.1. The molecule has 0 spiro atoms. The fourth-order valence-corrected chi connectivity index (χ4v) is 5.20. The number of para-hydroxylation sites is 4. The second kappa shape index (κ2) is 11.1. The van der Waals surface area contributed by atoms with Gasteiger partial charge in [-0.1, -0.05) is 54.1 Å². The number of ketones is 1. The number of aliphatic hydroxyl groups is 1. The maximum Gasteiger partial charge on any atom is 0.235 e. The van der Waals surface area contributed by atoms with Crippen molar-refractivity contribution in [2.75, 3.05) is 24.9 Å². The molecular formula is C30H32N2O6. The third-order valence-electron chi connectivity index (χ3n) is 7.02. The van der Waals surface area contributed by atoms with Crippen molar-refractivity contribution in [2.24, 2.45) is 11.8 Å². The molecule has 38 heavy (non-hydrogen) atoms. The second-order valence-electron chi connectivity index (χ2n) is 9.77. The van der Waals surface area contributed by atoms with Crippen molar-refractivity contribution in [3.05, 3.63) is 83.9 Å². The van der Waals surface area contributed by atoms with Gasteiger partial charge in [0.25, 0.3) is 0 Å². The SMILES string of the molecule is COc1ccccc1NC(=O)[C@@H]1C(=O)C[C@@](C)(O)[C@H](C(=O)Nc2ccccc2OC)[C@H]1c1ccc(C)cc1. The molecular weight excluding hydrogens is 484 g/mol. The van der Waals surface area contributed by atoms with Gasteiger partial charge >= 0.3 is 0 Å². The van der Waals surface area contributed by atoms with Crippen molar-refractivity contribution in [3.63, 3.8) is 0 Å². The van der Waals surface area contributed by atoms with Crippen LogP contribution in [0.5, 0.6) is 11.5 Å². The molecule has 3 aromatic rings. The number of rotatable bonds is 7. The Balaban J connectivity index is 1.78. The van der Waals surface area contributed by atoms with Crippen LogP contribution in [0.2, 0.25) is 0 Å². The van der Waals surface area contributed by atoms with E-state index in [2.05, 4.69) is 10.6 Å². The zero-order valence-corrected chi connectivity index (χ0v) is 21.9. The Morgan fingerprint density at radius 2 is 1.34 bits per heavy atom. The third-order valence-corrected chi connectivity index (χ3v) is 7.02.